The number of piperidine rings is 1. The SMILES string of the molecule is Cn1ccc(CN2CCCC(Cc3cccnc3)C2)n1. The Morgan fingerprint density at radius 1 is 1.35 bits per heavy atom. The van der Waals surface area contributed by atoms with Gasteiger partial charge in [0.15, 0.2) is 0 Å². The fraction of sp³-hybridized carbons (Fsp3) is 0.500. The minimum Gasteiger partial charge on any atom is -0.297 e. The molecule has 0 aliphatic carbocycles. The highest BCUT2D eigenvalue weighted by Gasteiger charge is 2.20. The molecule has 0 radical (unpaired) electrons. The number of likely N-dealkylation sites (tertiary alicyclic amines) is 1. The standard InChI is InChI=1S/C16H22N4/c1-19-9-6-16(18-19)13-20-8-3-5-15(12-20)10-14-4-2-7-17-11-14/h2,4,6-7,9,11,15H,3,5,8,10,12-13H2,1H3. The Bertz CT molecular complexity index is 534. The Labute approximate surface area is 120 Å². The molecule has 4 nitrogen and oxygen atoms in total. The smallest absolute Gasteiger partial charge is 0.0764 e. The summed E-state index contributed by atoms with van der Waals surface area (Å²) in [6.45, 7) is 3.34. The molecule has 0 bridgehead atoms. The normalized spacial score (nSPS) is 20.1. The van der Waals surface area contributed by atoms with E-state index in [9.17, 15) is 0 Å². The van der Waals surface area contributed by atoms with Gasteiger partial charge >= 0.3 is 0 Å². The summed E-state index contributed by atoms with van der Waals surface area (Å²) in [4.78, 5) is 6.75. The average Bonchev–Trinajstić information content (AvgIpc) is 2.86. The molecule has 0 N–H and O–H groups in total. The number of pyridine rings is 1. The largest absolute Gasteiger partial charge is 0.297 e. The molecule has 1 unspecified atom stereocenters. The van der Waals surface area contributed by atoms with Gasteiger partial charge in [0.25, 0.3) is 0 Å². The molecule has 106 valence electrons. The summed E-state index contributed by atoms with van der Waals surface area (Å²) < 4.78 is 1.88. The van der Waals surface area contributed by atoms with Crippen LogP contribution in [0, 0.1) is 5.92 Å². The Morgan fingerprint density at radius 2 is 2.30 bits per heavy atom. The minimum atomic E-state index is 0.747. The number of hydrogen-bond donors (Lipinski definition) is 0. The van der Waals surface area contributed by atoms with Crippen LogP contribution in [0.1, 0.15) is 24.1 Å². The quantitative estimate of drug-likeness (QED) is 0.854. The van der Waals surface area contributed by atoms with E-state index in [0.29, 0.717) is 0 Å². The monoisotopic (exact) mass is 270 g/mol. The van der Waals surface area contributed by atoms with Crippen LogP contribution in [0.3, 0.4) is 0 Å². The van der Waals surface area contributed by atoms with Crippen molar-refractivity contribution >= 4 is 0 Å². The summed E-state index contributed by atoms with van der Waals surface area (Å²) >= 11 is 0. The molecule has 4 heteroatoms. The van der Waals surface area contributed by atoms with Gasteiger partial charge < -0.3 is 0 Å². The molecule has 3 heterocycles. The fourth-order valence-electron chi connectivity index (χ4n) is 3.09. The first-order valence-corrected chi connectivity index (χ1v) is 7.39. The lowest BCUT2D eigenvalue weighted by molar-refractivity contribution is 0.165. The maximum atomic E-state index is 4.48. The van der Waals surface area contributed by atoms with E-state index < -0.39 is 0 Å². The first kappa shape index (κ1) is 13.3. The van der Waals surface area contributed by atoms with Crippen LogP contribution in [0.4, 0.5) is 0 Å². The molecule has 2 aromatic heterocycles. The second kappa shape index (κ2) is 6.18. The van der Waals surface area contributed by atoms with Gasteiger partial charge in [0.2, 0.25) is 0 Å². The molecule has 2 aromatic rings. The van der Waals surface area contributed by atoms with Crippen molar-refractivity contribution in [2.24, 2.45) is 13.0 Å². The molecular weight excluding hydrogens is 248 g/mol. The van der Waals surface area contributed by atoms with Crippen LogP contribution in [0.5, 0.6) is 0 Å². The summed E-state index contributed by atoms with van der Waals surface area (Å²) in [6.07, 6.45) is 9.62. The number of nitrogens with zero attached hydrogens (tertiary/aromatic N) is 4. The highest BCUT2D eigenvalue weighted by molar-refractivity contribution is 5.09. The lowest BCUT2D eigenvalue weighted by atomic mass is 9.92. The van der Waals surface area contributed by atoms with Gasteiger partial charge in [-0.25, -0.2) is 0 Å². The van der Waals surface area contributed by atoms with Gasteiger partial charge in [-0.1, -0.05) is 6.07 Å². The van der Waals surface area contributed by atoms with Gasteiger partial charge in [0, 0.05) is 38.7 Å². The molecule has 1 saturated heterocycles. The van der Waals surface area contributed by atoms with Crippen LogP contribution in [-0.2, 0) is 20.0 Å². The van der Waals surface area contributed by atoms with Crippen molar-refractivity contribution in [3.8, 4) is 0 Å². The number of rotatable bonds is 4. The predicted octanol–water partition coefficient (Wildman–Crippen LogP) is 2.27. The lowest BCUT2D eigenvalue weighted by Crippen LogP contribution is -2.35. The molecule has 1 aliphatic heterocycles. The Balaban J connectivity index is 1.56. The zero-order chi connectivity index (χ0) is 13.8. The van der Waals surface area contributed by atoms with Crippen molar-refractivity contribution < 1.29 is 0 Å². The van der Waals surface area contributed by atoms with Crippen LogP contribution in [0.25, 0.3) is 0 Å². The first-order valence-electron chi connectivity index (χ1n) is 7.39. The molecule has 20 heavy (non-hydrogen) atoms. The summed E-state index contributed by atoms with van der Waals surface area (Å²) in [5, 5.41) is 4.48. The van der Waals surface area contributed by atoms with Gasteiger partial charge in [0.1, 0.15) is 0 Å². The van der Waals surface area contributed by atoms with Crippen LogP contribution in [-0.4, -0.2) is 32.8 Å². The molecule has 1 atom stereocenters. The van der Waals surface area contributed by atoms with Crippen molar-refractivity contribution in [1.82, 2.24) is 19.7 Å². The maximum absolute atomic E-state index is 4.48. The Kier molecular flexibility index (Phi) is 4.11. The molecule has 0 aromatic carbocycles. The molecule has 0 saturated carbocycles. The molecular formula is C16H22N4. The van der Waals surface area contributed by atoms with E-state index in [0.717, 1.165) is 18.9 Å². The van der Waals surface area contributed by atoms with Crippen LogP contribution in [0.2, 0.25) is 0 Å². The van der Waals surface area contributed by atoms with Crippen molar-refractivity contribution in [3.05, 3.63) is 48.0 Å². The van der Waals surface area contributed by atoms with E-state index in [1.807, 2.05) is 36.4 Å². The van der Waals surface area contributed by atoms with E-state index >= 15 is 0 Å². The van der Waals surface area contributed by atoms with E-state index in [-0.39, 0.29) is 0 Å². The third-order valence-corrected chi connectivity index (χ3v) is 4.00. The van der Waals surface area contributed by atoms with Crippen LogP contribution in [0.15, 0.2) is 36.8 Å². The Morgan fingerprint density at radius 3 is 3.05 bits per heavy atom. The van der Waals surface area contributed by atoms with Crippen molar-refractivity contribution in [3.63, 3.8) is 0 Å². The molecule has 1 aliphatic rings. The fourth-order valence-corrected chi connectivity index (χ4v) is 3.09. The number of aryl methyl sites for hydroxylation is 1. The predicted molar refractivity (Wildman–Crippen MR) is 79.2 cm³/mol. The third-order valence-electron chi connectivity index (χ3n) is 4.00. The summed E-state index contributed by atoms with van der Waals surface area (Å²) in [5.41, 5.74) is 2.53. The van der Waals surface area contributed by atoms with Crippen molar-refractivity contribution in [1.29, 1.82) is 0 Å². The average molecular weight is 270 g/mol. The molecule has 1 fully saturated rings. The zero-order valence-corrected chi connectivity index (χ0v) is 12.1. The first-order chi connectivity index (χ1) is 9.79. The summed E-state index contributed by atoms with van der Waals surface area (Å²) in [5.74, 6) is 0.747. The third kappa shape index (κ3) is 3.45. The lowest BCUT2D eigenvalue weighted by Gasteiger charge is -2.32. The van der Waals surface area contributed by atoms with E-state index in [1.54, 1.807) is 0 Å². The topological polar surface area (TPSA) is 34.0 Å². The molecule has 0 spiro atoms. The highest BCUT2D eigenvalue weighted by Crippen LogP contribution is 2.21. The molecule has 0 amide bonds. The highest BCUT2D eigenvalue weighted by atomic mass is 15.3. The van der Waals surface area contributed by atoms with Crippen LogP contribution >= 0.6 is 0 Å². The van der Waals surface area contributed by atoms with Crippen molar-refractivity contribution in [2.45, 2.75) is 25.8 Å². The van der Waals surface area contributed by atoms with Gasteiger partial charge in [-0.15, -0.1) is 0 Å². The van der Waals surface area contributed by atoms with Crippen LogP contribution < -0.4 is 0 Å². The second-order valence-corrected chi connectivity index (χ2v) is 5.79. The minimum absolute atomic E-state index is 0.747. The number of aromatic nitrogens is 3. The van der Waals surface area contributed by atoms with Gasteiger partial charge in [-0.05, 0) is 49.4 Å². The molecule has 3 rings (SSSR count). The summed E-state index contributed by atoms with van der Waals surface area (Å²) in [6, 6.07) is 6.33. The van der Waals surface area contributed by atoms with E-state index in [4.69, 9.17) is 0 Å². The van der Waals surface area contributed by atoms with Gasteiger partial charge in [0.05, 0.1) is 5.69 Å². The number of hydrogen-bond acceptors (Lipinski definition) is 3. The zero-order valence-electron chi connectivity index (χ0n) is 12.1. The van der Waals surface area contributed by atoms with E-state index in [1.165, 1.54) is 37.2 Å². The van der Waals surface area contributed by atoms with Crippen molar-refractivity contribution in [2.75, 3.05) is 13.1 Å². The maximum Gasteiger partial charge on any atom is 0.0764 e. The van der Waals surface area contributed by atoms with Gasteiger partial charge in [-0.2, -0.15) is 5.10 Å². The van der Waals surface area contributed by atoms with E-state index in [2.05, 4.69) is 27.1 Å². The summed E-state index contributed by atoms with van der Waals surface area (Å²) in [7, 11) is 1.98. The second-order valence-electron chi connectivity index (χ2n) is 5.79. The van der Waals surface area contributed by atoms with Gasteiger partial charge in [-0.3, -0.25) is 14.6 Å². The Hall–Kier alpha value is -1.68.